The first-order chi connectivity index (χ1) is 8.34. The molecule has 0 unspecified atom stereocenters. The number of benzene rings is 1. The summed E-state index contributed by atoms with van der Waals surface area (Å²) in [5.41, 5.74) is 1.30. The highest BCUT2D eigenvalue weighted by molar-refractivity contribution is 5.76. The molecule has 1 rings (SSSR count). The third kappa shape index (κ3) is 4.06. The maximum atomic E-state index is 11.8. The normalized spacial score (nSPS) is 12.8. The van der Waals surface area contributed by atoms with Crippen LogP contribution in [0.2, 0.25) is 0 Å². The van der Waals surface area contributed by atoms with E-state index < -0.39 is 5.54 Å². The highest BCUT2D eigenvalue weighted by atomic mass is 16.5. The highest BCUT2D eigenvalue weighted by Crippen LogP contribution is 2.20. The molecule has 1 aromatic carbocycles. The van der Waals surface area contributed by atoms with Gasteiger partial charge in [-0.25, -0.2) is 4.74 Å². The first-order valence-electron chi connectivity index (χ1n) is 6.48. The van der Waals surface area contributed by atoms with Crippen molar-refractivity contribution in [2.75, 3.05) is 0 Å². The number of hydrogen-bond donors (Lipinski definition) is 1. The number of phenolic OH excluding ortho intramolecular Hbond substituents is 1. The van der Waals surface area contributed by atoms with Crippen LogP contribution in [0.15, 0.2) is 18.2 Å². The van der Waals surface area contributed by atoms with E-state index in [-0.39, 0.29) is 0 Å². The SMILES string of the molecule is CCCCc1cc(C=[N+]([O-])C(C)(C)C)ccc1O. The van der Waals surface area contributed by atoms with Crippen LogP contribution in [0.4, 0.5) is 0 Å². The highest BCUT2D eigenvalue weighted by Gasteiger charge is 2.18. The second kappa shape index (κ2) is 5.89. The van der Waals surface area contributed by atoms with Crippen LogP contribution in [0.5, 0.6) is 5.75 Å². The minimum Gasteiger partial charge on any atom is -0.623 e. The van der Waals surface area contributed by atoms with Gasteiger partial charge in [0.25, 0.3) is 0 Å². The summed E-state index contributed by atoms with van der Waals surface area (Å²) in [5, 5.41) is 21.6. The molecule has 3 heteroatoms. The molecule has 0 heterocycles. The van der Waals surface area contributed by atoms with E-state index in [1.165, 1.54) is 0 Å². The number of hydroxylamine groups is 1. The maximum Gasteiger partial charge on any atom is 0.182 e. The smallest absolute Gasteiger partial charge is 0.182 e. The molecule has 0 fully saturated rings. The van der Waals surface area contributed by atoms with E-state index in [1.54, 1.807) is 18.3 Å². The van der Waals surface area contributed by atoms with Crippen LogP contribution in [0.25, 0.3) is 0 Å². The molecule has 0 aliphatic carbocycles. The van der Waals surface area contributed by atoms with Gasteiger partial charge in [-0.1, -0.05) is 13.3 Å². The number of hydrogen-bond acceptors (Lipinski definition) is 2. The lowest BCUT2D eigenvalue weighted by Crippen LogP contribution is -2.29. The van der Waals surface area contributed by atoms with Crippen molar-refractivity contribution in [3.05, 3.63) is 34.5 Å². The first-order valence-corrected chi connectivity index (χ1v) is 6.48. The Labute approximate surface area is 109 Å². The van der Waals surface area contributed by atoms with Gasteiger partial charge in [0.1, 0.15) is 5.75 Å². The van der Waals surface area contributed by atoms with Gasteiger partial charge in [-0.3, -0.25) is 0 Å². The standard InChI is InChI=1S/C15H23NO2/c1-5-6-7-13-10-12(8-9-14(13)17)11-16(18)15(2,3)4/h8-11,17H,5-7H2,1-4H3. The molecule has 3 nitrogen and oxygen atoms in total. The van der Waals surface area contributed by atoms with Crippen LogP contribution >= 0.6 is 0 Å². The van der Waals surface area contributed by atoms with Gasteiger partial charge in [-0.05, 0) is 36.6 Å². The Bertz CT molecular complexity index is 431. The zero-order valence-electron chi connectivity index (χ0n) is 11.7. The Balaban J connectivity index is 2.98. The third-order valence-electron chi connectivity index (χ3n) is 2.83. The number of rotatable bonds is 4. The largest absolute Gasteiger partial charge is 0.623 e. The molecule has 0 radical (unpaired) electrons. The molecule has 0 saturated carbocycles. The molecule has 0 atom stereocenters. The van der Waals surface area contributed by atoms with E-state index in [2.05, 4.69) is 6.92 Å². The first kappa shape index (κ1) is 14.6. The Kier molecular flexibility index (Phi) is 4.76. The number of aromatic hydroxyl groups is 1. The summed E-state index contributed by atoms with van der Waals surface area (Å²) in [7, 11) is 0. The number of phenols is 1. The summed E-state index contributed by atoms with van der Waals surface area (Å²) in [6.45, 7) is 7.73. The fourth-order valence-electron chi connectivity index (χ4n) is 1.58. The summed E-state index contributed by atoms with van der Waals surface area (Å²) in [6.07, 6.45) is 4.55. The topological polar surface area (TPSA) is 46.3 Å². The quantitative estimate of drug-likeness (QED) is 0.384. The van der Waals surface area contributed by atoms with Crippen molar-refractivity contribution in [2.45, 2.75) is 52.5 Å². The second-order valence-corrected chi connectivity index (χ2v) is 5.62. The van der Waals surface area contributed by atoms with Crippen molar-refractivity contribution in [3.8, 4) is 5.75 Å². The number of nitrogens with zero attached hydrogens (tertiary/aromatic N) is 1. The van der Waals surface area contributed by atoms with Crippen molar-refractivity contribution < 1.29 is 9.85 Å². The molecule has 0 bridgehead atoms. The van der Waals surface area contributed by atoms with Crippen molar-refractivity contribution >= 4 is 6.21 Å². The lowest BCUT2D eigenvalue weighted by Gasteiger charge is -2.18. The van der Waals surface area contributed by atoms with E-state index >= 15 is 0 Å². The molecule has 0 spiro atoms. The van der Waals surface area contributed by atoms with Gasteiger partial charge >= 0.3 is 0 Å². The maximum absolute atomic E-state index is 11.8. The van der Waals surface area contributed by atoms with E-state index in [9.17, 15) is 10.3 Å². The van der Waals surface area contributed by atoms with Crippen LogP contribution in [0.1, 0.15) is 51.7 Å². The van der Waals surface area contributed by atoms with Gasteiger partial charge in [-0.15, -0.1) is 0 Å². The molecule has 1 aromatic rings. The molecule has 0 aromatic heterocycles. The Hall–Kier alpha value is -1.51. The fourth-order valence-corrected chi connectivity index (χ4v) is 1.58. The van der Waals surface area contributed by atoms with Gasteiger partial charge < -0.3 is 10.3 Å². The monoisotopic (exact) mass is 249 g/mol. The van der Waals surface area contributed by atoms with E-state index in [0.717, 1.165) is 35.1 Å². The van der Waals surface area contributed by atoms with Gasteiger partial charge in [0.15, 0.2) is 11.8 Å². The number of aryl methyl sites for hydroxylation is 1. The van der Waals surface area contributed by atoms with E-state index in [0.29, 0.717) is 5.75 Å². The van der Waals surface area contributed by atoms with Gasteiger partial charge in [0.05, 0.1) is 0 Å². The van der Waals surface area contributed by atoms with Crippen molar-refractivity contribution in [2.24, 2.45) is 0 Å². The van der Waals surface area contributed by atoms with Crippen molar-refractivity contribution in [1.29, 1.82) is 0 Å². The summed E-state index contributed by atoms with van der Waals surface area (Å²) < 4.78 is 0.947. The second-order valence-electron chi connectivity index (χ2n) is 5.62. The average Bonchev–Trinajstić information content (AvgIpc) is 2.28. The van der Waals surface area contributed by atoms with E-state index in [4.69, 9.17) is 0 Å². The predicted molar refractivity (Wildman–Crippen MR) is 75.3 cm³/mol. The fraction of sp³-hybridized carbons (Fsp3) is 0.533. The van der Waals surface area contributed by atoms with Gasteiger partial charge in [0.2, 0.25) is 0 Å². The van der Waals surface area contributed by atoms with Crippen LogP contribution in [0.3, 0.4) is 0 Å². The molecule has 0 aliphatic rings. The van der Waals surface area contributed by atoms with Crippen molar-refractivity contribution in [1.82, 2.24) is 0 Å². The zero-order valence-corrected chi connectivity index (χ0v) is 11.7. The zero-order chi connectivity index (χ0) is 13.8. The van der Waals surface area contributed by atoms with Gasteiger partial charge in [-0.2, -0.15) is 0 Å². The summed E-state index contributed by atoms with van der Waals surface area (Å²) in [5.74, 6) is 0.314. The van der Waals surface area contributed by atoms with Gasteiger partial charge in [0, 0.05) is 26.3 Å². The molecule has 0 amide bonds. The Morgan fingerprint density at radius 3 is 2.56 bits per heavy atom. The van der Waals surface area contributed by atoms with Crippen LogP contribution in [-0.2, 0) is 6.42 Å². The van der Waals surface area contributed by atoms with Crippen molar-refractivity contribution in [3.63, 3.8) is 0 Å². The van der Waals surface area contributed by atoms with E-state index in [1.807, 2.05) is 26.8 Å². The Morgan fingerprint density at radius 2 is 2.00 bits per heavy atom. The summed E-state index contributed by atoms with van der Waals surface area (Å²) in [6, 6.07) is 5.32. The molecule has 100 valence electrons. The molecular weight excluding hydrogens is 226 g/mol. The summed E-state index contributed by atoms with van der Waals surface area (Å²) >= 11 is 0. The lowest BCUT2D eigenvalue weighted by molar-refractivity contribution is -0.530. The lowest BCUT2D eigenvalue weighted by atomic mass is 10.0. The molecule has 0 aliphatic heterocycles. The van der Waals surface area contributed by atoms with Crippen LogP contribution in [0, 0.1) is 5.21 Å². The summed E-state index contributed by atoms with van der Waals surface area (Å²) in [4.78, 5) is 0. The molecule has 18 heavy (non-hydrogen) atoms. The predicted octanol–water partition coefficient (Wildman–Crippen LogP) is 3.46. The Morgan fingerprint density at radius 1 is 1.33 bits per heavy atom. The third-order valence-corrected chi connectivity index (χ3v) is 2.83. The number of unbranched alkanes of at least 4 members (excludes halogenated alkanes) is 1. The van der Waals surface area contributed by atoms with Crippen LogP contribution in [-0.4, -0.2) is 21.6 Å². The minimum absolute atomic E-state index is 0.314. The molecular formula is C15H23NO2. The van der Waals surface area contributed by atoms with Crippen LogP contribution < -0.4 is 0 Å². The average molecular weight is 249 g/mol. The molecule has 0 saturated heterocycles. The molecule has 1 N–H and O–H groups in total. The minimum atomic E-state index is -0.443.